The first-order valence-electron chi connectivity index (χ1n) is 6.38. The molecular formula is C13H20N4OS. The smallest absolute Gasteiger partial charge is 0.271 e. The fraction of sp³-hybridized carbons (Fsp3) is 0.538. The van der Waals surface area contributed by atoms with Crippen molar-refractivity contribution < 1.29 is 0 Å². The number of hydrogen-bond donors (Lipinski definition) is 1. The minimum Gasteiger partial charge on any atom is -0.314 e. The molecule has 0 aliphatic rings. The summed E-state index contributed by atoms with van der Waals surface area (Å²) in [7, 11) is 4.09. The molecule has 0 amide bonds. The largest absolute Gasteiger partial charge is 0.314 e. The Bertz CT molecular complexity index is 602. The van der Waals surface area contributed by atoms with Gasteiger partial charge in [0.2, 0.25) is 0 Å². The minimum absolute atomic E-state index is 0.0671. The molecule has 2 heterocycles. The zero-order valence-electron chi connectivity index (χ0n) is 11.6. The van der Waals surface area contributed by atoms with Crippen LogP contribution in [0.3, 0.4) is 0 Å². The van der Waals surface area contributed by atoms with Gasteiger partial charge in [0.05, 0.1) is 11.8 Å². The first-order chi connectivity index (χ1) is 9.09. The first kappa shape index (κ1) is 14.2. The van der Waals surface area contributed by atoms with E-state index in [2.05, 4.69) is 15.2 Å². The molecule has 104 valence electrons. The van der Waals surface area contributed by atoms with E-state index in [1.165, 1.54) is 11.3 Å². The number of hydrogen-bond acceptors (Lipinski definition) is 5. The van der Waals surface area contributed by atoms with E-state index in [1.54, 1.807) is 10.9 Å². The molecule has 0 bridgehead atoms. The highest BCUT2D eigenvalue weighted by molar-refractivity contribution is 7.17. The summed E-state index contributed by atoms with van der Waals surface area (Å²) >= 11 is 1.48. The summed E-state index contributed by atoms with van der Waals surface area (Å²) in [6.07, 6.45) is 1.65. The third-order valence-electron chi connectivity index (χ3n) is 2.99. The van der Waals surface area contributed by atoms with E-state index in [4.69, 9.17) is 0 Å². The van der Waals surface area contributed by atoms with Crippen molar-refractivity contribution in [3.8, 4) is 0 Å². The van der Waals surface area contributed by atoms with Crippen LogP contribution in [-0.4, -0.2) is 48.2 Å². The van der Waals surface area contributed by atoms with Gasteiger partial charge in [0.15, 0.2) is 0 Å². The molecule has 19 heavy (non-hydrogen) atoms. The zero-order chi connectivity index (χ0) is 13.8. The summed E-state index contributed by atoms with van der Waals surface area (Å²) in [6, 6.07) is 0. The van der Waals surface area contributed by atoms with Crippen molar-refractivity contribution in [1.29, 1.82) is 0 Å². The summed E-state index contributed by atoms with van der Waals surface area (Å²) < 4.78 is 2.44. The monoisotopic (exact) mass is 280 g/mol. The van der Waals surface area contributed by atoms with E-state index in [0.717, 1.165) is 35.4 Å². The van der Waals surface area contributed by atoms with E-state index in [0.29, 0.717) is 6.54 Å². The van der Waals surface area contributed by atoms with Crippen molar-refractivity contribution in [3.05, 3.63) is 27.6 Å². The first-order valence-corrected chi connectivity index (χ1v) is 7.26. The molecule has 2 rings (SSSR count). The number of aryl methyl sites for hydroxylation is 1. The molecule has 2 aromatic heterocycles. The van der Waals surface area contributed by atoms with Gasteiger partial charge in [0.25, 0.3) is 5.56 Å². The van der Waals surface area contributed by atoms with Gasteiger partial charge in [-0.3, -0.25) is 9.36 Å². The Morgan fingerprint density at radius 1 is 1.42 bits per heavy atom. The molecule has 0 aliphatic heterocycles. The molecule has 0 saturated carbocycles. The molecule has 6 heteroatoms. The summed E-state index contributed by atoms with van der Waals surface area (Å²) in [4.78, 5) is 18.7. The fourth-order valence-electron chi connectivity index (χ4n) is 1.85. The molecule has 0 radical (unpaired) electrons. The van der Waals surface area contributed by atoms with Crippen molar-refractivity contribution in [2.45, 2.75) is 13.5 Å². The van der Waals surface area contributed by atoms with Crippen LogP contribution in [0.4, 0.5) is 0 Å². The average molecular weight is 280 g/mol. The lowest BCUT2D eigenvalue weighted by atomic mass is 10.3. The highest BCUT2D eigenvalue weighted by Crippen LogP contribution is 2.19. The standard InChI is InChI=1S/C13H20N4OS/c1-10-8-19-12-11(10)15-9-17(13(12)18)7-5-14-4-6-16(2)3/h8-9,14H,4-7H2,1-3H3. The van der Waals surface area contributed by atoms with Crippen LogP contribution in [0, 0.1) is 6.92 Å². The van der Waals surface area contributed by atoms with Crippen molar-refractivity contribution in [2.75, 3.05) is 33.7 Å². The van der Waals surface area contributed by atoms with E-state index < -0.39 is 0 Å². The molecule has 0 saturated heterocycles. The number of nitrogens with zero attached hydrogens (tertiary/aromatic N) is 3. The predicted octanol–water partition coefficient (Wildman–Crippen LogP) is 0.918. The van der Waals surface area contributed by atoms with E-state index in [-0.39, 0.29) is 5.56 Å². The third kappa shape index (κ3) is 3.40. The predicted molar refractivity (Wildman–Crippen MR) is 80.0 cm³/mol. The molecule has 0 unspecified atom stereocenters. The maximum Gasteiger partial charge on any atom is 0.271 e. The second kappa shape index (κ2) is 6.27. The molecule has 0 fully saturated rings. The van der Waals surface area contributed by atoms with Gasteiger partial charge in [-0.1, -0.05) is 0 Å². The van der Waals surface area contributed by atoms with Crippen LogP contribution in [0.1, 0.15) is 5.56 Å². The lowest BCUT2D eigenvalue weighted by Gasteiger charge is -2.10. The Morgan fingerprint density at radius 2 is 2.21 bits per heavy atom. The maximum absolute atomic E-state index is 12.2. The van der Waals surface area contributed by atoms with Gasteiger partial charge < -0.3 is 10.2 Å². The van der Waals surface area contributed by atoms with Crippen LogP contribution in [-0.2, 0) is 6.54 Å². The molecule has 0 aromatic carbocycles. The van der Waals surface area contributed by atoms with Gasteiger partial charge in [0.1, 0.15) is 4.70 Å². The van der Waals surface area contributed by atoms with E-state index >= 15 is 0 Å². The average Bonchev–Trinajstić information content (AvgIpc) is 2.74. The van der Waals surface area contributed by atoms with Gasteiger partial charge >= 0.3 is 0 Å². The van der Waals surface area contributed by atoms with Gasteiger partial charge in [0, 0.05) is 26.2 Å². The van der Waals surface area contributed by atoms with Crippen LogP contribution in [0.5, 0.6) is 0 Å². The van der Waals surface area contributed by atoms with Gasteiger partial charge in [-0.2, -0.15) is 0 Å². The van der Waals surface area contributed by atoms with Crippen LogP contribution < -0.4 is 10.9 Å². The SMILES string of the molecule is Cc1csc2c(=O)n(CCNCCN(C)C)cnc12. The van der Waals surface area contributed by atoms with Crippen LogP contribution in [0.2, 0.25) is 0 Å². The lowest BCUT2D eigenvalue weighted by molar-refractivity contribution is 0.397. The Balaban J connectivity index is 1.98. The minimum atomic E-state index is 0.0671. The molecule has 5 nitrogen and oxygen atoms in total. The Kier molecular flexibility index (Phi) is 4.68. The summed E-state index contributed by atoms with van der Waals surface area (Å²) in [5, 5.41) is 5.30. The second-order valence-electron chi connectivity index (χ2n) is 4.89. The second-order valence-corrected chi connectivity index (χ2v) is 5.77. The number of likely N-dealkylation sites (N-methyl/N-ethyl adjacent to an activating group) is 1. The highest BCUT2D eigenvalue weighted by Gasteiger charge is 2.07. The number of fused-ring (bicyclic) bond motifs is 1. The Hall–Kier alpha value is -1.24. The number of thiophene rings is 1. The van der Waals surface area contributed by atoms with Crippen LogP contribution >= 0.6 is 11.3 Å². The molecule has 1 N–H and O–H groups in total. The lowest BCUT2D eigenvalue weighted by Crippen LogP contribution is -2.31. The number of rotatable bonds is 6. The molecule has 0 aliphatic carbocycles. The van der Waals surface area contributed by atoms with Crippen LogP contribution in [0.25, 0.3) is 10.2 Å². The van der Waals surface area contributed by atoms with Crippen LogP contribution in [0.15, 0.2) is 16.5 Å². The van der Waals surface area contributed by atoms with Gasteiger partial charge in [-0.05, 0) is 32.0 Å². The Labute approximate surface area is 116 Å². The molecule has 0 spiro atoms. The van der Waals surface area contributed by atoms with Crippen molar-refractivity contribution in [2.24, 2.45) is 0 Å². The third-order valence-corrected chi connectivity index (χ3v) is 4.06. The van der Waals surface area contributed by atoms with Gasteiger partial charge in [-0.15, -0.1) is 11.3 Å². The quantitative estimate of drug-likeness (QED) is 0.799. The van der Waals surface area contributed by atoms with Crippen molar-refractivity contribution in [3.63, 3.8) is 0 Å². The normalized spacial score (nSPS) is 11.6. The summed E-state index contributed by atoms with van der Waals surface area (Å²) in [5.41, 5.74) is 1.98. The number of nitrogens with one attached hydrogen (secondary N) is 1. The topological polar surface area (TPSA) is 50.2 Å². The molecule has 0 atom stereocenters. The van der Waals surface area contributed by atoms with Gasteiger partial charge in [-0.25, -0.2) is 4.98 Å². The van der Waals surface area contributed by atoms with E-state index in [1.807, 2.05) is 26.4 Å². The van der Waals surface area contributed by atoms with Crippen molar-refractivity contribution in [1.82, 2.24) is 19.8 Å². The number of aromatic nitrogens is 2. The molecule has 2 aromatic rings. The highest BCUT2D eigenvalue weighted by atomic mass is 32.1. The maximum atomic E-state index is 12.2. The Morgan fingerprint density at radius 3 is 2.95 bits per heavy atom. The van der Waals surface area contributed by atoms with E-state index in [9.17, 15) is 4.79 Å². The zero-order valence-corrected chi connectivity index (χ0v) is 12.5. The van der Waals surface area contributed by atoms with Crippen molar-refractivity contribution >= 4 is 21.6 Å². The summed E-state index contributed by atoms with van der Waals surface area (Å²) in [5.74, 6) is 0. The fourth-order valence-corrected chi connectivity index (χ4v) is 2.80. The summed E-state index contributed by atoms with van der Waals surface area (Å²) in [6.45, 7) is 5.35. The molecular weight excluding hydrogens is 260 g/mol.